The van der Waals surface area contributed by atoms with Gasteiger partial charge in [0.2, 0.25) is 0 Å². The molecule has 1 heterocycles. The third kappa shape index (κ3) is 3.46. The molecule has 1 aromatic heterocycles. The summed E-state index contributed by atoms with van der Waals surface area (Å²) in [5, 5.41) is 13.2. The van der Waals surface area contributed by atoms with E-state index in [-0.39, 0.29) is 11.6 Å². The monoisotopic (exact) mass is 289 g/mol. The summed E-state index contributed by atoms with van der Waals surface area (Å²) in [4.78, 5) is 19.4. The van der Waals surface area contributed by atoms with Crippen LogP contribution >= 0.6 is 0 Å². The van der Waals surface area contributed by atoms with Gasteiger partial charge in [0.15, 0.2) is 0 Å². The minimum atomic E-state index is -0.968. The van der Waals surface area contributed by atoms with Gasteiger partial charge in [0.1, 0.15) is 12.1 Å². The van der Waals surface area contributed by atoms with Gasteiger partial charge in [-0.1, -0.05) is 13.8 Å². The van der Waals surface area contributed by atoms with Gasteiger partial charge in [0, 0.05) is 12.5 Å². The van der Waals surface area contributed by atoms with Crippen LogP contribution in [-0.2, 0) is 4.74 Å². The Morgan fingerprint density at radius 1 is 1.38 bits per heavy atom. The minimum absolute atomic E-state index is 0.118. The number of ether oxygens (including phenoxy) is 1. The fourth-order valence-corrected chi connectivity index (χ4v) is 2.06. The van der Waals surface area contributed by atoms with Crippen molar-refractivity contribution in [3.8, 4) is 0 Å². The molecule has 0 bridgehead atoms. The Balaban J connectivity index is 2.38. The van der Waals surface area contributed by atoms with Crippen molar-refractivity contribution >= 4 is 22.7 Å². The number of aromatic carboxylic acids is 1. The second-order valence-corrected chi connectivity index (χ2v) is 5.21. The van der Waals surface area contributed by atoms with Gasteiger partial charge in [-0.3, -0.25) is 0 Å². The van der Waals surface area contributed by atoms with Crippen LogP contribution in [0.15, 0.2) is 24.5 Å². The molecule has 2 rings (SSSR count). The summed E-state index contributed by atoms with van der Waals surface area (Å²) < 4.78 is 5.22. The zero-order valence-electron chi connectivity index (χ0n) is 12.3. The lowest BCUT2D eigenvalue weighted by Crippen LogP contribution is -2.30. The molecule has 2 aromatic rings. The highest BCUT2D eigenvalue weighted by Gasteiger charge is 2.15. The van der Waals surface area contributed by atoms with Gasteiger partial charge in [-0.2, -0.15) is 0 Å². The number of nitrogens with zero attached hydrogens (tertiary/aromatic N) is 2. The lowest BCUT2D eigenvalue weighted by molar-refractivity contribution is 0.0697. The number of hydrogen-bond donors (Lipinski definition) is 2. The van der Waals surface area contributed by atoms with Crippen LogP contribution in [0, 0.1) is 5.92 Å². The molecule has 0 saturated heterocycles. The van der Waals surface area contributed by atoms with Crippen molar-refractivity contribution in [3.05, 3.63) is 30.1 Å². The van der Waals surface area contributed by atoms with E-state index in [0.717, 1.165) is 5.39 Å². The maximum Gasteiger partial charge on any atom is 0.335 e. The molecule has 1 unspecified atom stereocenters. The Hall–Kier alpha value is -2.21. The summed E-state index contributed by atoms with van der Waals surface area (Å²) in [7, 11) is 1.66. The second kappa shape index (κ2) is 6.49. The van der Waals surface area contributed by atoms with Crippen molar-refractivity contribution in [2.45, 2.75) is 19.9 Å². The summed E-state index contributed by atoms with van der Waals surface area (Å²) in [6.45, 7) is 4.77. The van der Waals surface area contributed by atoms with Gasteiger partial charge < -0.3 is 15.2 Å². The molecule has 0 aliphatic heterocycles. The normalized spacial score (nSPS) is 12.6. The van der Waals surface area contributed by atoms with Crippen molar-refractivity contribution in [2.24, 2.45) is 5.92 Å². The quantitative estimate of drug-likeness (QED) is 0.849. The number of fused-ring (bicyclic) bond motifs is 1. The van der Waals surface area contributed by atoms with E-state index >= 15 is 0 Å². The van der Waals surface area contributed by atoms with Crippen LogP contribution in [-0.4, -0.2) is 40.8 Å². The van der Waals surface area contributed by atoms with E-state index in [1.807, 2.05) is 0 Å². The van der Waals surface area contributed by atoms with Crippen LogP contribution in [0.1, 0.15) is 24.2 Å². The van der Waals surface area contributed by atoms with Gasteiger partial charge in [0.05, 0.1) is 23.7 Å². The summed E-state index contributed by atoms with van der Waals surface area (Å²) in [6, 6.07) is 4.95. The van der Waals surface area contributed by atoms with Crippen LogP contribution in [0.3, 0.4) is 0 Å². The fourth-order valence-electron chi connectivity index (χ4n) is 2.06. The summed E-state index contributed by atoms with van der Waals surface area (Å²) in [5.74, 6) is 0.0883. The molecule has 1 atom stereocenters. The third-order valence-electron chi connectivity index (χ3n) is 3.36. The van der Waals surface area contributed by atoms with Crippen LogP contribution < -0.4 is 5.32 Å². The molecule has 21 heavy (non-hydrogen) atoms. The molecule has 0 aliphatic carbocycles. The maximum absolute atomic E-state index is 11.0. The van der Waals surface area contributed by atoms with Gasteiger partial charge >= 0.3 is 5.97 Å². The Bertz CT molecular complexity index is 643. The standard InChI is InChI=1S/C15H19N3O3/c1-9(2)13(7-21-3)18-14-11-5-4-10(15(19)20)6-12(11)16-8-17-14/h4-6,8-9,13H,7H2,1-3H3,(H,19,20)(H,16,17,18). The number of methoxy groups -OCH3 is 1. The molecule has 6 nitrogen and oxygen atoms in total. The Labute approximate surface area is 123 Å². The molecule has 2 N–H and O–H groups in total. The molecule has 0 amide bonds. The molecular weight excluding hydrogens is 270 g/mol. The number of rotatable bonds is 6. The lowest BCUT2D eigenvalue weighted by Gasteiger charge is -2.22. The molecule has 112 valence electrons. The molecule has 0 aliphatic rings. The number of anilines is 1. The number of nitrogens with one attached hydrogen (secondary N) is 1. The van der Waals surface area contributed by atoms with E-state index in [9.17, 15) is 4.79 Å². The number of carbonyl (C=O) groups is 1. The highest BCUT2D eigenvalue weighted by molar-refractivity contribution is 5.96. The third-order valence-corrected chi connectivity index (χ3v) is 3.36. The van der Waals surface area contributed by atoms with Crippen molar-refractivity contribution in [2.75, 3.05) is 19.0 Å². The average Bonchev–Trinajstić information content (AvgIpc) is 2.46. The van der Waals surface area contributed by atoms with Crippen LogP contribution in [0.2, 0.25) is 0 Å². The molecule has 0 radical (unpaired) electrons. The highest BCUT2D eigenvalue weighted by Crippen LogP contribution is 2.22. The van der Waals surface area contributed by atoms with Crippen molar-refractivity contribution in [3.63, 3.8) is 0 Å². The number of carboxylic acids is 1. The van der Waals surface area contributed by atoms with Crippen molar-refractivity contribution < 1.29 is 14.6 Å². The Kier molecular flexibility index (Phi) is 4.70. The van der Waals surface area contributed by atoms with Crippen molar-refractivity contribution in [1.82, 2.24) is 9.97 Å². The first-order valence-corrected chi connectivity index (χ1v) is 6.76. The molecular formula is C15H19N3O3. The summed E-state index contributed by atoms with van der Waals surface area (Å²) in [5.41, 5.74) is 0.816. The predicted molar refractivity (Wildman–Crippen MR) is 80.6 cm³/mol. The lowest BCUT2D eigenvalue weighted by atomic mass is 10.0. The Morgan fingerprint density at radius 3 is 2.76 bits per heavy atom. The maximum atomic E-state index is 11.0. The average molecular weight is 289 g/mol. The van der Waals surface area contributed by atoms with Gasteiger partial charge in [-0.15, -0.1) is 0 Å². The van der Waals surface area contributed by atoms with Gasteiger partial charge in [-0.05, 0) is 24.1 Å². The molecule has 6 heteroatoms. The van der Waals surface area contributed by atoms with E-state index in [0.29, 0.717) is 23.9 Å². The van der Waals surface area contributed by atoms with Crippen molar-refractivity contribution in [1.29, 1.82) is 0 Å². The number of aromatic nitrogens is 2. The Morgan fingerprint density at radius 2 is 2.14 bits per heavy atom. The number of hydrogen-bond acceptors (Lipinski definition) is 5. The second-order valence-electron chi connectivity index (χ2n) is 5.21. The summed E-state index contributed by atoms with van der Waals surface area (Å²) in [6.07, 6.45) is 1.43. The molecule has 1 aromatic carbocycles. The smallest absolute Gasteiger partial charge is 0.335 e. The van der Waals surface area contributed by atoms with E-state index in [2.05, 4.69) is 29.1 Å². The molecule has 0 spiro atoms. The number of benzene rings is 1. The van der Waals surface area contributed by atoms with E-state index in [1.165, 1.54) is 6.33 Å². The van der Waals surface area contributed by atoms with Gasteiger partial charge in [-0.25, -0.2) is 14.8 Å². The SMILES string of the molecule is COCC(Nc1ncnc2cc(C(=O)O)ccc12)C(C)C. The predicted octanol–water partition coefficient (Wildman–Crippen LogP) is 2.41. The molecule has 0 fully saturated rings. The first kappa shape index (κ1) is 15.2. The van der Waals surface area contributed by atoms with E-state index in [4.69, 9.17) is 9.84 Å². The van der Waals surface area contributed by atoms with Crippen LogP contribution in [0.25, 0.3) is 10.9 Å². The zero-order chi connectivity index (χ0) is 15.4. The van der Waals surface area contributed by atoms with E-state index in [1.54, 1.807) is 25.3 Å². The zero-order valence-corrected chi connectivity index (χ0v) is 12.3. The van der Waals surface area contributed by atoms with E-state index < -0.39 is 5.97 Å². The molecule has 0 saturated carbocycles. The minimum Gasteiger partial charge on any atom is -0.478 e. The summed E-state index contributed by atoms with van der Waals surface area (Å²) >= 11 is 0. The first-order chi connectivity index (χ1) is 10.0. The highest BCUT2D eigenvalue weighted by atomic mass is 16.5. The van der Waals surface area contributed by atoms with Crippen LogP contribution in [0.4, 0.5) is 5.82 Å². The fraction of sp³-hybridized carbons (Fsp3) is 0.400. The van der Waals surface area contributed by atoms with Gasteiger partial charge in [0.25, 0.3) is 0 Å². The largest absolute Gasteiger partial charge is 0.478 e. The number of carboxylic acid groups (broad SMARTS) is 1. The first-order valence-electron chi connectivity index (χ1n) is 6.76. The van der Waals surface area contributed by atoms with Crippen LogP contribution in [0.5, 0.6) is 0 Å². The topological polar surface area (TPSA) is 84.3 Å².